The van der Waals surface area contributed by atoms with Crippen LogP contribution in [0.1, 0.15) is 5.69 Å². The van der Waals surface area contributed by atoms with E-state index in [1.54, 1.807) is 43.0 Å². The molecule has 0 aliphatic rings. The summed E-state index contributed by atoms with van der Waals surface area (Å²) >= 11 is 0. The Hall–Kier alpha value is -3.33. The molecule has 0 saturated carbocycles. The molecule has 0 bridgehead atoms. The molecule has 8 nitrogen and oxygen atoms in total. The number of hydrogen-bond donors (Lipinski definition) is 1. The molecule has 1 amide bonds. The van der Waals surface area contributed by atoms with Crippen molar-refractivity contribution in [2.45, 2.75) is 11.8 Å². The van der Waals surface area contributed by atoms with Gasteiger partial charge in [0.05, 0.1) is 29.6 Å². The van der Waals surface area contributed by atoms with E-state index in [0.717, 1.165) is 17.7 Å². The van der Waals surface area contributed by atoms with E-state index in [0.29, 0.717) is 11.4 Å². The predicted molar refractivity (Wildman–Crippen MR) is 104 cm³/mol. The first-order chi connectivity index (χ1) is 13.3. The number of hydrogen-bond acceptors (Lipinski definition) is 6. The summed E-state index contributed by atoms with van der Waals surface area (Å²) in [5.41, 5.74) is 1.73. The number of amides is 1. The number of rotatable bonds is 5. The van der Waals surface area contributed by atoms with Crippen LogP contribution < -0.4 is 14.8 Å². The molecule has 3 aromatic rings. The summed E-state index contributed by atoms with van der Waals surface area (Å²) in [6.07, 6.45) is 1.79. The van der Waals surface area contributed by atoms with Gasteiger partial charge >= 0.3 is 6.09 Å². The zero-order valence-corrected chi connectivity index (χ0v) is 16.4. The topological polar surface area (TPSA) is 99.5 Å². The molecular weight excluding hydrogens is 382 g/mol. The highest BCUT2D eigenvalue weighted by Crippen LogP contribution is 2.23. The number of methoxy groups -OCH3 is 1. The number of nitrogens with one attached hydrogen (secondary N) is 1. The fourth-order valence-corrected chi connectivity index (χ4v) is 3.19. The summed E-state index contributed by atoms with van der Waals surface area (Å²) in [5.74, 6) is 1.01. The van der Waals surface area contributed by atoms with E-state index < -0.39 is 15.9 Å². The van der Waals surface area contributed by atoms with Crippen molar-refractivity contribution < 1.29 is 22.7 Å². The monoisotopic (exact) mass is 401 g/mol. The zero-order chi connectivity index (χ0) is 20.3. The molecule has 0 unspecified atom stereocenters. The van der Waals surface area contributed by atoms with Crippen LogP contribution in [-0.4, -0.2) is 37.7 Å². The summed E-state index contributed by atoms with van der Waals surface area (Å²) in [6.45, 7) is 1.77. The van der Waals surface area contributed by atoms with Crippen molar-refractivity contribution in [1.82, 2.24) is 9.78 Å². The molecule has 0 radical (unpaired) electrons. The van der Waals surface area contributed by atoms with Gasteiger partial charge in [-0.1, -0.05) is 6.07 Å². The molecule has 2 aromatic carbocycles. The SMILES string of the molecule is COc1ccc(-n2ncc(OC(=O)Nc3cccc(S(C)(=O)=O)c3)c2C)cc1. The van der Waals surface area contributed by atoms with Gasteiger partial charge in [0.15, 0.2) is 15.6 Å². The van der Waals surface area contributed by atoms with E-state index in [1.807, 2.05) is 12.1 Å². The Morgan fingerprint density at radius 2 is 1.86 bits per heavy atom. The highest BCUT2D eigenvalue weighted by atomic mass is 32.2. The van der Waals surface area contributed by atoms with Crippen LogP contribution in [0.4, 0.5) is 10.5 Å². The first-order valence-corrected chi connectivity index (χ1v) is 10.1. The smallest absolute Gasteiger partial charge is 0.417 e. The highest BCUT2D eigenvalue weighted by Gasteiger charge is 2.14. The Morgan fingerprint density at radius 1 is 1.14 bits per heavy atom. The minimum absolute atomic E-state index is 0.105. The molecule has 146 valence electrons. The zero-order valence-electron chi connectivity index (χ0n) is 15.5. The Kier molecular flexibility index (Phi) is 5.36. The van der Waals surface area contributed by atoms with Gasteiger partial charge in [0.1, 0.15) is 5.75 Å². The maximum absolute atomic E-state index is 12.2. The van der Waals surface area contributed by atoms with Crippen LogP contribution in [0.3, 0.4) is 0 Å². The standard InChI is InChI=1S/C19H19N3O5S/c1-13-18(12-20-22(13)15-7-9-16(26-2)10-8-15)27-19(23)21-14-5-4-6-17(11-14)28(3,24)25/h4-12H,1-3H3,(H,21,23). The molecule has 0 aliphatic heterocycles. The fourth-order valence-electron chi connectivity index (χ4n) is 2.53. The van der Waals surface area contributed by atoms with E-state index in [1.165, 1.54) is 18.3 Å². The lowest BCUT2D eigenvalue weighted by molar-refractivity contribution is 0.215. The van der Waals surface area contributed by atoms with E-state index >= 15 is 0 Å². The Balaban J connectivity index is 1.74. The summed E-state index contributed by atoms with van der Waals surface area (Å²) in [4.78, 5) is 12.3. The largest absolute Gasteiger partial charge is 0.497 e. The summed E-state index contributed by atoms with van der Waals surface area (Å²) in [6, 6.07) is 13.2. The molecule has 3 rings (SSSR count). The summed E-state index contributed by atoms with van der Waals surface area (Å²) < 4.78 is 35.3. The van der Waals surface area contributed by atoms with Gasteiger partial charge in [-0.25, -0.2) is 17.9 Å². The number of nitrogens with zero attached hydrogens (tertiary/aromatic N) is 2. The molecule has 0 aliphatic carbocycles. The lowest BCUT2D eigenvalue weighted by atomic mass is 10.3. The molecular formula is C19H19N3O5S. The lowest BCUT2D eigenvalue weighted by Gasteiger charge is -2.08. The summed E-state index contributed by atoms with van der Waals surface area (Å²) in [5, 5.41) is 6.75. The van der Waals surface area contributed by atoms with Crippen LogP contribution in [-0.2, 0) is 9.84 Å². The van der Waals surface area contributed by atoms with Crippen LogP contribution in [0.2, 0.25) is 0 Å². The first-order valence-electron chi connectivity index (χ1n) is 8.26. The second-order valence-electron chi connectivity index (χ2n) is 6.02. The third-order valence-electron chi connectivity index (χ3n) is 3.99. The minimum Gasteiger partial charge on any atom is -0.497 e. The van der Waals surface area contributed by atoms with Gasteiger partial charge in [0, 0.05) is 11.9 Å². The maximum atomic E-state index is 12.2. The molecule has 0 fully saturated rings. The number of ether oxygens (including phenoxy) is 2. The molecule has 0 atom stereocenters. The van der Waals surface area contributed by atoms with Crippen molar-refractivity contribution >= 4 is 21.6 Å². The molecule has 9 heteroatoms. The number of anilines is 1. The van der Waals surface area contributed by atoms with Gasteiger partial charge < -0.3 is 9.47 Å². The normalized spacial score (nSPS) is 11.1. The predicted octanol–water partition coefficient (Wildman–Crippen LogP) is 3.20. The highest BCUT2D eigenvalue weighted by molar-refractivity contribution is 7.90. The van der Waals surface area contributed by atoms with E-state index in [-0.39, 0.29) is 10.6 Å². The molecule has 1 N–H and O–H groups in total. The number of carbonyl (C=O) groups is 1. The number of aromatic nitrogens is 2. The van der Waals surface area contributed by atoms with Gasteiger partial charge in [0.2, 0.25) is 0 Å². The van der Waals surface area contributed by atoms with Gasteiger partial charge in [-0.05, 0) is 49.4 Å². The number of sulfone groups is 1. The van der Waals surface area contributed by atoms with Crippen LogP contribution >= 0.6 is 0 Å². The van der Waals surface area contributed by atoms with Crippen LogP contribution in [0, 0.1) is 6.92 Å². The van der Waals surface area contributed by atoms with Crippen molar-refractivity contribution in [3.8, 4) is 17.2 Å². The molecule has 0 spiro atoms. The van der Waals surface area contributed by atoms with Crippen LogP contribution in [0.25, 0.3) is 5.69 Å². The molecule has 1 aromatic heterocycles. The maximum Gasteiger partial charge on any atom is 0.417 e. The quantitative estimate of drug-likeness (QED) is 0.705. The van der Waals surface area contributed by atoms with Gasteiger partial charge in [-0.3, -0.25) is 5.32 Å². The lowest BCUT2D eigenvalue weighted by Crippen LogP contribution is -2.17. The van der Waals surface area contributed by atoms with Crippen molar-refractivity contribution in [1.29, 1.82) is 0 Å². The van der Waals surface area contributed by atoms with Crippen molar-refractivity contribution in [3.63, 3.8) is 0 Å². The van der Waals surface area contributed by atoms with E-state index in [2.05, 4.69) is 10.4 Å². The third kappa shape index (κ3) is 4.32. The fraction of sp³-hybridized carbons (Fsp3) is 0.158. The van der Waals surface area contributed by atoms with Crippen molar-refractivity contribution in [2.24, 2.45) is 0 Å². The third-order valence-corrected chi connectivity index (χ3v) is 5.10. The molecule has 1 heterocycles. The second-order valence-corrected chi connectivity index (χ2v) is 8.03. The molecule has 0 saturated heterocycles. The Bertz CT molecular complexity index is 1100. The van der Waals surface area contributed by atoms with Crippen molar-refractivity contribution in [3.05, 3.63) is 60.4 Å². The second kappa shape index (κ2) is 7.73. The van der Waals surface area contributed by atoms with Gasteiger partial charge in [0.25, 0.3) is 0 Å². The Morgan fingerprint density at radius 3 is 2.50 bits per heavy atom. The minimum atomic E-state index is -3.37. The molecule has 28 heavy (non-hydrogen) atoms. The van der Waals surface area contributed by atoms with Crippen LogP contribution in [0.5, 0.6) is 11.5 Å². The van der Waals surface area contributed by atoms with Crippen molar-refractivity contribution in [2.75, 3.05) is 18.7 Å². The number of carbonyl (C=O) groups excluding carboxylic acids is 1. The summed E-state index contributed by atoms with van der Waals surface area (Å²) in [7, 11) is -1.79. The van der Waals surface area contributed by atoms with Gasteiger partial charge in [-0.2, -0.15) is 5.10 Å². The number of benzene rings is 2. The average molecular weight is 401 g/mol. The van der Waals surface area contributed by atoms with Crippen LogP contribution in [0.15, 0.2) is 59.6 Å². The first kappa shape index (κ1) is 19.4. The average Bonchev–Trinajstić information content (AvgIpc) is 3.01. The van der Waals surface area contributed by atoms with Gasteiger partial charge in [-0.15, -0.1) is 0 Å². The van der Waals surface area contributed by atoms with E-state index in [4.69, 9.17) is 9.47 Å². The van der Waals surface area contributed by atoms with E-state index in [9.17, 15) is 13.2 Å². The Labute approximate surface area is 162 Å².